The van der Waals surface area contributed by atoms with Crippen LogP contribution in [0, 0.1) is 17.0 Å². The highest BCUT2D eigenvalue weighted by Gasteiger charge is 2.25. The summed E-state index contributed by atoms with van der Waals surface area (Å²) in [4.78, 5) is 61.0. The first-order valence-electron chi connectivity index (χ1n) is 23.4. The standard InChI is InChI=1S/C52H52N7O15P/c1-32-7-18-43(46(25-32)59(67)68)55-56-44-30-49(71-2)45(27-34(44)31-61)57-54-35-9-11-36(12-10-35)58(20-22-60)21-24-73-75(69,70)72-23-6-4-3-5-19-53-51(64)33-8-15-39(52(65)66)42(26-33)50-40-16-13-37(62)28-47(40)74-48-29-38(63)14-17-41(48)50/h7-18,25-30,60-62H,3-6,19-24,31H2,1-2H3,(H,53,64)(H,65,66)(H,69,70). The molecular formula is C52H52N7O15P. The van der Waals surface area contributed by atoms with Crippen molar-refractivity contribution in [2.45, 2.75) is 39.2 Å². The number of benzene rings is 6. The van der Waals surface area contributed by atoms with Crippen LogP contribution >= 0.6 is 7.82 Å². The number of aromatic carboxylic acids is 1. The summed E-state index contributed by atoms with van der Waals surface area (Å²) in [5.74, 6) is -1.35. The fourth-order valence-electron chi connectivity index (χ4n) is 7.96. The number of carboxylic acids is 1. The van der Waals surface area contributed by atoms with E-state index in [0.717, 1.165) is 0 Å². The minimum absolute atomic E-state index is 0.0380. The Labute approximate surface area is 428 Å². The predicted octanol–water partition coefficient (Wildman–Crippen LogP) is 10.4. The molecule has 0 bridgehead atoms. The molecule has 5 aromatic carbocycles. The molecule has 22 nitrogen and oxygen atoms in total. The Morgan fingerprint density at radius 3 is 2.28 bits per heavy atom. The summed E-state index contributed by atoms with van der Waals surface area (Å²) >= 11 is 0. The number of nitrogens with zero attached hydrogens (tertiary/aromatic N) is 6. The maximum absolute atomic E-state index is 13.3. The number of phosphoric acid groups is 1. The number of carbonyl (C=O) groups is 2. The van der Waals surface area contributed by atoms with Crippen LogP contribution in [-0.4, -0.2) is 88.7 Å². The molecule has 0 fully saturated rings. The molecule has 1 aliphatic heterocycles. The van der Waals surface area contributed by atoms with E-state index in [4.69, 9.17) is 18.2 Å². The van der Waals surface area contributed by atoms with Gasteiger partial charge in [0.25, 0.3) is 11.6 Å². The third kappa shape index (κ3) is 14.1. The summed E-state index contributed by atoms with van der Waals surface area (Å²) in [7, 11) is -3.02. The number of unbranched alkanes of at least 4 members (excludes halogenated alkanes) is 3. The van der Waals surface area contributed by atoms with Gasteiger partial charge in [-0.15, -0.1) is 15.3 Å². The maximum atomic E-state index is 13.3. The van der Waals surface area contributed by atoms with Gasteiger partial charge in [-0.2, -0.15) is 5.11 Å². The molecule has 1 amide bonds. The normalized spacial score (nSPS) is 12.4. The van der Waals surface area contributed by atoms with E-state index >= 15 is 0 Å². The summed E-state index contributed by atoms with van der Waals surface area (Å²) in [5.41, 5.74) is 3.44. The molecule has 2 aliphatic rings. The van der Waals surface area contributed by atoms with Crippen molar-refractivity contribution >= 4 is 64.8 Å². The Morgan fingerprint density at radius 1 is 0.800 bits per heavy atom. The number of azo groups is 2. The summed E-state index contributed by atoms with van der Waals surface area (Å²) in [6.07, 6.45) is 2.24. The number of phenolic OH excluding ortho intramolecular Hbond substituents is 1. The second-order valence-electron chi connectivity index (χ2n) is 16.9. The molecule has 0 radical (unpaired) electrons. The lowest BCUT2D eigenvalue weighted by Gasteiger charge is -2.24. The van der Waals surface area contributed by atoms with Gasteiger partial charge in [0.2, 0.25) is 0 Å². The lowest BCUT2D eigenvalue weighted by Crippen LogP contribution is -2.30. The van der Waals surface area contributed by atoms with E-state index in [2.05, 4.69) is 25.8 Å². The Hall–Kier alpha value is -8.24. The van der Waals surface area contributed by atoms with Crippen molar-refractivity contribution in [1.82, 2.24) is 5.32 Å². The van der Waals surface area contributed by atoms with Gasteiger partial charge in [-0.05, 0) is 110 Å². The number of ether oxygens (including phenoxy) is 1. The van der Waals surface area contributed by atoms with Gasteiger partial charge < -0.3 is 44.7 Å². The molecule has 390 valence electrons. The second kappa shape index (κ2) is 25.1. The zero-order chi connectivity index (χ0) is 53.6. The lowest BCUT2D eigenvalue weighted by molar-refractivity contribution is -0.384. The number of nitro groups is 1. The van der Waals surface area contributed by atoms with Crippen molar-refractivity contribution in [3.05, 3.63) is 152 Å². The molecule has 1 unspecified atom stereocenters. The minimum atomic E-state index is -4.43. The molecule has 23 heteroatoms. The zero-order valence-corrected chi connectivity index (χ0v) is 41.5. The number of phosphoric ester groups is 1. The Balaban J connectivity index is 0.858. The van der Waals surface area contributed by atoms with E-state index < -0.39 is 31.2 Å². The van der Waals surface area contributed by atoms with Gasteiger partial charge in [-0.25, -0.2) is 9.36 Å². The number of carboxylic acid groups (broad SMARTS) is 1. The number of fused-ring (bicyclic) bond motifs is 2. The average molecular weight is 1050 g/mol. The van der Waals surface area contributed by atoms with Crippen LogP contribution in [-0.2, 0) is 20.2 Å². The van der Waals surface area contributed by atoms with E-state index in [9.17, 15) is 54.4 Å². The fraction of sp³-hybridized carbons (Fsp3) is 0.250. The summed E-state index contributed by atoms with van der Waals surface area (Å²) in [6.45, 7) is 1.37. The predicted molar refractivity (Wildman–Crippen MR) is 277 cm³/mol. The van der Waals surface area contributed by atoms with Crippen LogP contribution in [0.5, 0.6) is 11.5 Å². The zero-order valence-electron chi connectivity index (χ0n) is 40.6. The molecule has 0 saturated heterocycles. The topological polar surface area (TPSA) is 318 Å². The van der Waals surface area contributed by atoms with Crippen LogP contribution in [0.4, 0.5) is 34.1 Å². The van der Waals surface area contributed by atoms with Crippen LogP contribution in [0.25, 0.3) is 33.4 Å². The smallest absolute Gasteiger partial charge is 0.472 e. The summed E-state index contributed by atoms with van der Waals surface area (Å²) < 4.78 is 34.5. The van der Waals surface area contributed by atoms with Crippen molar-refractivity contribution in [3.8, 4) is 33.9 Å². The molecule has 5 aromatic rings. The van der Waals surface area contributed by atoms with E-state index in [1.165, 1.54) is 79.9 Å². The monoisotopic (exact) mass is 1050 g/mol. The summed E-state index contributed by atoms with van der Waals surface area (Å²) in [6, 6.07) is 27.0. The quantitative estimate of drug-likeness (QED) is 0.00774. The fourth-order valence-corrected chi connectivity index (χ4v) is 8.71. The van der Waals surface area contributed by atoms with E-state index in [0.29, 0.717) is 64.7 Å². The number of rotatable bonds is 25. The number of anilines is 1. The van der Waals surface area contributed by atoms with Crippen molar-refractivity contribution in [1.29, 1.82) is 0 Å². The van der Waals surface area contributed by atoms with E-state index in [-0.39, 0.29) is 107 Å². The van der Waals surface area contributed by atoms with Gasteiger partial charge in [0.1, 0.15) is 28.5 Å². The van der Waals surface area contributed by atoms with E-state index in [1.807, 2.05) is 0 Å². The molecule has 1 aliphatic carbocycles. The number of nitro benzene ring substituents is 1. The average Bonchev–Trinajstić information content (AvgIpc) is 3.39. The van der Waals surface area contributed by atoms with Gasteiger partial charge >= 0.3 is 13.8 Å². The van der Waals surface area contributed by atoms with Crippen LogP contribution < -0.4 is 20.4 Å². The summed E-state index contributed by atoms with van der Waals surface area (Å²) in [5, 5.41) is 71.7. The maximum Gasteiger partial charge on any atom is 0.472 e. The molecule has 1 atom stereocenters. The number of carbonyl (C=O) groups excluding carboxylic acids is 1. The Morgan fingerprint density at radius 2 is 1.55 bits per heavy atom. The number of methoxy groups -OCH3 is 1. The third-order valence-corrected chi connectivity index (χ3v) is 12.7. The number of aliphatic hydroxyl groups excluding tert-OH is 2. The van der Waals surface area contributed by atoms with Crippen molar-refractivity contribution in [3.63, 3.8) is 0 Å². The number of phenols is 1. The number of aliphatic hydroxyl groups is 2. The molecule has 0 spiro atoms. The highest BCUT2D eigenvalue weighted by molar-refractivity contribution is 7.47. The molecule has 0 aromatic heterocycles. The number of amides is 1. The first-order valence-corrected chi connectivity index (χ1v) is 24.9. The van der Waals surface area contributed by atoms with Crippen LogP contribution in [0.3, 0.4) is 0 Å². The van der Waals surface area contributed by atoms with Crippen LogP contribution in [0.15, 0.2) is 139 Å². The Kier molecular flexibility index (Phi) is 18.3. The SMILES string of the molecule is COc1cc(N=Nc2ccc(C)cc2[N+](=O)[O-])c(CO)cc1N=Nc1ccc(N(CCO)CCOP(=O)(O)OCCCCCCNC(=O)c2ccc(C(=O)O)c(-c3c4ccc(=O)cc-4oc4cc(O)ccc34)c2)cc1. The third-order valence-electron chi connectivity index (χ3n) is 11.7. The largest absolute Gasteiger partial charge is 0.508 e. The Bertz CT molecular complexity index is 3350. The van der Waals surface area contributed by atoms with Gasteiger partial charge in [-0.3, -0.25) is 28.8 Å². The first kappa shape index (κ1) is 54.5. The number of nitrogens with one attached hydrogen (secondary N) is 1. The molecule has 6 N–H and O–H groups in total. The molecule has 7 rings (SSSR count). The van der Waals surface area contributed by atoms with Crippen molar-refractivity contribution in [2.24, 2.45) is 20.5 Å². The van der Waals surface area contributed by atoms with Crippen molar-refractivity contribution < 1.29 is 62.6 Å². The van der Waals surface area contributed by atoms with Gasteiger partial charge in [0.05, 0.1) is 55.4 Å². The molecule has 1 heterocycles. The highest BCUT2D eigenvalue weighted by atomic mass is 31.2. The number of hydrogen-bond donors (Lipinski definition) is 6. The van der Waals surface area contributed by atoms with Crippen LogP contribution in [0.2, 0.25) is 0 Å². The highest BCUT2D eigenvalue weighted by Crippen LogP contribution is 2.44. The van der Waals surface area contributed by atoms with E-state index in [1.54, 1.807) is 48.2 Å². The van der Waals surface area contributed by atoms with Gasteiger partial charge in [-0.1, -0.05) is 18.9 Å². The number of hydrogen-bond acceptors (Lipinski definition) is 18. The minimum Gasteiger partial charge on any atom is -0.508 e. The van der Waals surface area contributed by atoms with Crippen molar-refractivity contribution in [2.75, 3.05) is 51.5 Å². The van der Waals surface area contributed by atoms with Gasteiger partial charge in [0.15, 0.2) is 11.1 Å². The molecule has 0 saturated carbocycles. The second-order valence-corrected chi connectivity index (χ2v) is 18.3. The lowest BCUT2D eigenvalue weighted by atomic mass is 9.89. The number of aryl methyl sites for hydroxylation is 1. The first-order chi connectivity index (χ1) is 36.1. The molecule has 75 heavy (non-hydrogen) atoms. The van der Waals surface area contributed by atoms with Gasteiger partial charge in [0, 0.05) is 77.2 Å². The van der Waals surface area contributed by atoms with Crippen LogP contribution in [0.1, 0.15) is 57.5 Å². The molecular weight excluding hydrogens is 994 g/mol. The number of aromatic hydroxyl groups is 1.